The quantitative estimate of drug-likeness (QED) is 0.0577. The summed E-state index contributed by atoms with van der Waals surface area (Å²) in [5, 5.41) is 29.1. The van der Waals surface area contributed by atoms with Gasteiger partial charge in [0.2, 0.25) is 17.6 Å². The first-order chi connectivity index (χ1) is 29.6. The van der Waals surface area contributed by atoms with Crippen LogP contribution in [0.1, 0.15) is 106 Å². The van der Waals surface area contributed by atoms with Gasteiger partial charge < -0.3 is 24.5 Å². The number of hydrogen-bond donors (Lipinski definition) is 4. The van der Waals surface area contributed by atoms with Crippen molar-refractivity contribution >= 4 is 35.3 Å². The number of rotatable bonds is 20. The van der Waals surface area contributed by atoms with E-state index in [-0.39, 0.29) is 60.8 Å². The van der Waals surface area contributed by atoms with Gasteiger partial charge in [-0.1, -0.05) is 86.3 Å². The molecule has 0 saturated heterocycles. The lowest BCUT2D eigenvalue weighted by molar-refractivity contribution is -0.147. The summed E-state index contributed by atoms with van der Waals surface area (Å²) in [7, 11) is 1.56. The van der Waals surface area contributed by atoms with Crippen LogP contribution < -0.4 is 10.7 Å². The van der Waals surface area contributed by atoms with Crippen LogP contribution >= 0.6 is 11.6 Å². The average Bonchev–Trinajstić information content (AvgIpc) is 4.05. The number of nitrogens with zero attached hydrogens (tertiary/aromatic N) is 6. The third-order valence-electron chi connectivity index (χ3n) is 12.1. The molecule has 2 aliphatic rings. The summed E-state index contributed by atoms with van der Waals surface area (Å²) >= 11 is 6.72. The maximum absolute atomic E-state index is 14.1. The Hall–Kier alpha value is -5.19. The van der Waals surface area contributed by atoms with E-state index in [1.54, 1.807) is 7.11 Å². The molecule has 1 atom stereocenters. The van der Waals surface area contributed by atoms with E-state index in [0.29, 0.717) is 69.7 Å². The number of hydrogen-bond acceptors (Lipinski definition) is 10. The molecular weight excluding hydrogens is 802 g/mol. The van der Waals surface area contributed by atoms with Gasteiger partial charge in [-0.2, -0.15) is 5.21 Å². The van der Waals surface area contributed by atoms with Crippen LogP contribution in [0.5, 0.6) is 0 Å². The summed E-state index contributed by atoms with van der Waals surface area (Å²) in [4.78, 5) is 58.6. The van der Waals surface area contributed by atoms with Crippen molar-refractivity contribution in [3.05, 3.63) is 70.8 Å². The van der Waals surface area contributed by atoms with E-state index in [1.807, 2.05) is 60.0 Å². The molecule has 2 aromatic heterocycles. The molecule has 61 heavy (non-hydrogen) atoms. The highest BCUT2D eigenvalue weighted by Crippen LogP contribution is 2.44. The maximum Gasteiger partial charge on any atom is 0.308 e. The molecule has 4 aromatic rings. The summed E-state index contributed by atoms with van der Waals surface area (Å²) in [6, 6.07) is 15.7. The second-order valence-corrected chi connectivity index (χ2v) is 16.5. The molecule has 4 N–H and O–H groups in total. The minimum Gasteiger partial charge on any atom is -0.481 e. The predicted molar refractivity (Wildman–Crippen MR) is 228 cm³/mol. The fourth-order valence-electron chi connectivity index (χ4n) is 8.70. The third kappa shape index (κ3) is 11.2. The minimum absolute atomic E-state index is 0.0226. The number of tetrazole rings is 1. The lowest BCUT2D eigenvalue weighted by Gasteiger charge is -2.35. The summed E-state index contributed by atoms with van der Waals surface area (Å²) in [6.45, 7) is 5.15. The number of ether oxygens (including phenoxy) is 2. The van der Waals surface area contributed by atoms with E-state index in [4.69, 9.17) is 21.1 Å². The number of aromatic nitrogens is 6. The molecule has 0 bridgehead atoms. The van der Waals surface area contributed by atoms with E-state index in [1.165, 1.54) is 5.01 Å². The molecule has 17 heteroatoms. The number of imidazole rings is 1. The Morgan fingerprint density at radius 3 is 2.38 bits per heavy atom. The van der Waals surface area contributed by atoms with Crippen molar-refractivity contribution in [2.75, 3.05) is 33.5 Å². The number of carbonyl (C=O) groups excluding carboxylic acids is 3. The number of amides is 3. The van der Waals surface area contributed by atoms with Crippen molar-refractivity contribution in [3.63, 3.8) is 0 Å². The van der Waals surface area contributed by atoms with Crippen molar-refractivity contribution in [1.82, 2.24) is 45.9 Å². The molecular formula is C44H58ClN9O7. The van der Waals surface area contributed by atoms with Gasteiger partial charge >= 0.3 is 5.97 Å². The Bertz CT molecular complexity index is 2080. The first-order valence-corrected chi connectivity index (χ1v) is 21.8. The number of methoxy groups -OCH3 is 1. The molecule has 0 aliphatic heterocycles. The lowest BCUT2D eigenvalue weighted by Crippen LogP contribution is -2.51. The number of aliphatic carboxylic acids is 1. The number of aryl methyl sites for hydroxylation is 1. The largest absolute Gasteiger partial charge is 0.481 e. The van der Waals surface area contributed by atoms with E-state index in [2.05, 4.69) is 43.3 Å². The number of nitrogens with one attached hydrogen (secondary N) is 3. The molecule has 1 unspecified atom stereocenters. The number of unbranched alkanes of at least 4 members (excludes halogenated alkanes) is 1. The molecule has 16 nitrogen and oxygen atoms in total. The highest BCUT2D eigenvalue weighted by atomic mass is 35.5. The normalized spacial score (nSPS) is 17.8. The molecule has 6 rings (SSSR count). The van der Waals surface area contributed by atoms with Crippen molar-refractivity contribution in [1.29, 1.82) is 0 Å². The molecule has 3 amide bonds. The van der Waals surface area contributed by atoms with Crippen LogP contribution in [0, 0.1) is 17.3 Å². The molecule has 2 heterocycles. The monoisotopic (exact) mass is 859 g/mol. The Morgan fingerprint density at radius 2 is 1.74 bits per heavy atom. The fraction of sp³-hybridized carbons (Fsp3) is 0.545. The van der Waals surface area contributed by atoms with Crippen molar-refractivity contribution in [2.24, 2.45) is 17.3 Å². The summed E-state index contributed by atoms with van der Waals surface area (Å²) in [5.74, 6) is -1.77. The van der Waals surface area contributed by atoms with Gasteiger partial charge in [0.05, 0.1) is 31.2 Å². The molecule has 0 spiro atoms. The molecule has 2 aliphatic carbocycles. The van der Waals surface area contributed by atoms with Crippen LogP contribution in [0.25, 0.3) is 22.5 Å². The smallest absolute Gasteiger partial charge is 0.308 e. The van der Waals surface area contributed by atoms with Crippen LogP contribution in [-0.2, 0) is 36.8 Å². The molecule has 2 aromatic carbocycles. The second-order valence-electron chi connectivity index (χ2n) is 16.2. The Morgan fingerprint density at radius 1 is 1.02 bits per heavy atom. The number of halogens is 1. The Kier molecular flexibility index (Phi) is 16.0. The molecule has 2 saturated carbocycles. The standard InChI is InChI=1S/C44H58ClN9O7/c1-4-6-13-36-47-38(45)37(53(36)27-29-14-16-30(17-15-29)34-11-7-8-12-35(34)39-48-51-52-49-39)40(55)50-54(5-2)41(56)31-18-20-33(21-19-31)46-43(59)44(22-9-10-23-44)26-32(42(57)58)28-61-25-24-60-3/h7-8,11-12,14-17,31-33H,4-6,9-10,13,18-28H2,1-3H3,(H,46,59)(H,50,55)(H,57,58)(H,48,49,51,52). The van der Waals surface area contributed by atoms with E-state index < -0.39 is 23.2 Å². The van der Waals surface area contributed by atoms with Crippen LogP contribution in [0.3, 0.4) is 0 Å². The summed E-state index contributed by atoms with van der Waals surface area (Å²) in [6.07, 6.45) is 7.87. The van der Waals surface area contributed by atoms with Crippen molar-refractivity contribution < 1.29 is 33.8 Å². The van der Waals surface area contributed by atoms with Crippen LogP contribution in [-0.4, -0.2) is 103 Å². The molecule has 2 fully saturated rings. The number of benzene rings is 2. The van der Waals surface area contributed by atoms with E-state index in [0.717, 1.165) is 47.9 Å². The van der Waals surface area contributed by atoms with Crippen molar-refractivity contribution in [2.45, 2.75) is 103 Å². The second kappa shape index (κ2) is 21.6. The van der Waals surface area contributed by atoms with Crippen LogP contribution in [0.2, 0.25) is 5.15 Å². The highest BCUT2D eigenvalue weighted by Gasteiger charge is 2.45. The van der Waals surface area contributed by atoms with Gasteiger partial charge in [-0.3, -0.25) is 29.6 Å². The maximum atomic E-state index is 14.1. The van der Waals surface area contributed by atoms with Crippen molar-refractivity contribution in [3.8, 4) is 22.5 Å². The number of aromatic amines is 1. The summed E-state index contributed by atoms with van der Waals surface area (Å²) < 4.78 is 12.4. The Balaban J connectivity index is 1.09. The third-order valence-corrected chi connectivity index (χ3v) is 12.4. The predicted octanol–water partition coefficient (Wildman–Crippen LogP) is 6.26. The van der Waals surface area contributed by atoms with Crippen LogP contribution in [0.15, 0.2) is 48.5 Å². The van der Waals surface area contributed by atoms with Gasteiger partial charge in [-0.05, 0) is 80.2 Å². The zero-order chi connectivity index (χ0) is 43.4. The van der Waals surface area contributed by atoms with Crippen LogP contribution in [0.4, 0.5) is 0 Å². The zero-order valence-corrected chi connectivity index (χ0v) is 36.1. The Labute approximate surface area is 361 Å². The molecule has 328 valence electrons. The highest BCUT2D eigenvalue weighted by molar-refractivity contribution is 6.32. The van der Waals surface area contributed by atoms with Gasteiger partial charge in [0.15, 0.2) is 5.15 Å². The van der Waals surface area contributed by atoms with E-state index in [9.17, 15) is 24.3 Å². The molecule has 0 radical (unpaired) electrons. The zero-order valence-electron chi connectivity index (χ0n) is 35.3. The topological polar surface area (TPSA) is 207 Å². The van der Waals surface area contributed by atoms with Gasteiger partial charge in [0, 0.05) is 44.1 Å². The number of H-pyrrole nitrogens is 1. The van der Waals surface area contributed by atoms with E-state index >= 15 is 0 Å². The first-order valence-electron chi connectivity index (χ1n) is 21.5. The van der Waals surface area contributed by atoms with Gasteiger partial charge in [0.25, 0.3) is 5.91 Å². The number of carbonyl (C=O) groups is 4. The first kappa shape index (κ1) is 45.3. The number of carboxylic acids is 1. The summed E-state index contributed by atoms with van der Waals surface area (Å²) in [5.41, 5.74) is 5.96. The average molecular weight is 860 g/mol. The minimum atomic E-state index is -0.974. The number of hydrazine groups is 1. The number of carboxylic acid groups (broad SMARTS) is 1. The fourth-order valence-corrected chi connectivity index (χ4v) is 8.98. The van der Waals surface area contributed by atoms with Gasteiger partial charge in [-0.25, -0.2) is 4.98 Å². The SMILES string of the molecule is CCCCc1nc(Cl)c(C(=O)NN(CC)C(=O)C2CCC(NC(=O)C3(CC(COCCOC)C(=O)O)CCCC3)CC2)n1Cc1ccc(-c2ccccc2-c2nn[nH]n2)cc1. The van der Waals surface area contributed by atoms with Gasteiger partial charge in [0.1, 0.15) is 11.5 Å². The van der Waals surface area contributed by atoms with Gasteiger partial charge in [-0.15, -0.1) is 10.2 Å². The lowest BCUT2D eigenvalue weighted by atomic mass is 9.76.